The molecule has 1 rings (SSSR count). The van der Waals surface area contributed by atoms with Crippen LogP contribution in [0.1, 0.15) is 5.56 Å². The number of nitrogen functional groups attached to an aromatic ring is 1. The lowest BCUT2D eigenvalue weighted by atomic mass is 10.1. The van der Waals surface area contributed by atoms with E-state index in [0.717, 1.165) is 17.5 Å². The van der Waals surface area contributed by atoms with Gasteiger partial charge in [0.25, 0.3) is 0 Å². The van der Waals surface area contributed by atoms with Gasteiger partial charge in [-0.05, 0) is 24.1 Å². The lowest BCUT2D eigenvalue weighted by molar-refractivity contribution is -0.107. The highest BCUT2D eigenvalue weighted by Gasteiger charge is 2.01. The highest BCUT2D eigenvalue weighted by Crippen LogP contribution is 2.09. The monoisotopic (exact) mass is 181 g/mol. The van der Waals surface area contributed by atoms with Crippen LogP contribution >= 0.6 is 12.6 Å². The Morgan fingerprint density at radius 1 is 1.42 bits per heavy atom. The number of carbonyl (C=O) groups is 1. The summed E-state index contributed by atoms with van der Waals surface area (Å²) in [6, 6.07) is 7.45. The number of carbonyl (C=O) groups excluding carboxylic acids is 1. The number of hydrogen-bond donors (Lipinski definition) is 2. The molecule has 2 N–H and O–H groups in total. The molecule has 0 amide bonds. The van der Waals surface area contributed by atoms with Crippen molar-refractivity contribution in [1.82, 2.24) is 0 Å². The second kappa shape index (κ2) is 4.16. The third-order valence-electron chi connectivity index (χ3n) is 1.58. The maximum Gasteiger partial charge on any atom is 0.133 e. The van der Waals surface area contributed by atoms with Crippen molar-refractivity contribution in [3.8, 4) is 0 Å². The molecule has 0 aliphatic carbocycles. The molecule has 0 saturated heterocycles. The Labute approximate surface area is 77.2 Å². The Morgan fingerprint density at radius 2 is 2.00 bits per heavy atom. The third kappa shape index (κ3) is 2.58. The molecule has 1 unspecified atom stereocenters. The van der Waals surface area contributed by atoms with Crippen LogP contribution in [0.15, 0.2) is 24.3 Å². The summed E-state index contributed by atoms with van der Waals surface area (Å²) in [6.45, 7) is 0. The average molecular weight is 181 g/mol. The molecule has 12 heavy (non-hydrogen) atoms. The zero-order valence-corrected chi connectivity index (χ0v) is 7.50. The second-order valence-corrected chi connectivity index (χ2v) is 3.31. The van der Waals surface area contributed by atoms with E-state index < -0.39 is 0 Å². The molecule has 0 bridgehead atoms. The summed E-state index contributed by atoms with van der Waals surface area (Å²) in [6.07, 6.45) is 1.49. The number of anilines is 1. The molecular formula is C9H11NOS. The number of nitrogens with two attached hydrogens (primary N) is 1. The summed E-state index contributed by atoms with van der Waals surface area (Å²) < 4.78 is 0. The number of benzene rings is 1. The van der Waals surface area contributed by atoms with Crippen LogP contribution in [0, 0.1) is 0 Å². The van der Waals surface area contributed by atoms with Gasteiger partial charge >= 0.3 is 0 Å². The standard InChI is InChI=1S/C9H11NOS/c10-8-3-1-7(2-4-8)5-9(12)6-11/h1-4,6,9,12H,5,10H2. The molecule has 1 aromatic rings. The van der Waals surface area contributed by atoms with Crippen LogP contribution in [-0.2, 0) is 11.2 Å². The number of rotatable bonds is 3. The first kappa shape index (κ1) is 9.13. The van der Waals surface area contributed by atoms with Crippen LogP contribution in [0.2, 0.25) is 0 Å². The van der Waals surface area contributed by atoms with Crippen molar-refractivity contribution >= 4 is 24.6 Å². The predicted octanol–water partition coefficient (Wildman–Crippen LogP) is 1.31. The van der Waals surface area contributed by atoms with Crippen LogP contribution in [0.5, 0.6) is 0 Å². The molecule has 0 fully saturated rings. The Bertz CT molecular complexity index is 258. The zero-order chi connectivity index (χ0) is 8.97. The first-order chi connectivity index (χ1) is 5.72. The number of thiol groups is 1. The van der Waals surface area contributed by atoms with E-state index in [9.17, 15) is 4.79 Å². The van der Waals surface area contributed by atoms with Gasteiger partial charge in [-0.2, -0.15) is 12.6 Å². The lowest BCUT2D eigenvalue weighted by Gasteiger charge is -2.02. The van der Waals surface area contributed by atoms with E-state index in [2.05, 4.69) is 12.6 Å². The van der Waals surface area contributed by atoms with Crippen molar-refractivity contribution in [3.05, 3.63) is 29.8 Å². The molecule has 0 aromatic heterocycles. The number of hydrogen-bond acceptors (Lipinski definition) is 3. The third-order valence-corrected chi connectivity index (χ3v) is 1.89. The molecule has 0 aliphatic heterocycles. The van der Waals surface area contributed by atoms with E-state index in [4.69, 9.17) is 5.73 Å². The molecule has 0 radical (unpaired) electrons. The van der Waals surface area contributed by atoms with Crippen LogP contribution < -0.4 is 5.73 Å². The smallest absolute Gasteiger partial charge is 0.133 e. The maximum atomic E-state index is 10.3. The second-order valence-electron chi connectivity index (χ2n) is 2.65. The maximum absolute atomic E-state index is 10.3. The van der Waals surface area contributed by atoms with Gasteiger partial charge in [0, 0.05) is 5.69 Å². The molecule has 0 spiro atoms. The van der Waals surface area contributed by atoms with Crippen molar-refractivity contribution in [3.63, 3.8) is 0 Å². The first-order valence-corrected chi connectivity index (χ1v) is 4.22. The van der Waals surface area contributed by atoms with Crippen molar-refractivity contribution < 1.29 is 4.79 Å². The van der Waals surface area contributed by atoms with Gasteiger partial charge in [-0.3, -0.25) is 0 Å². The van der Waals surface area contributed by atoms with Crippen molar-refractivity contribution in [1.29, 1.82) is 0 Å². The molecule has 0 saturated carbocycles. The average Bonchev–Trinajstić information content (AvgIpc) is 2.09. The summed E-state index contributed by atoms with van der Waals surface area (Å²) >= 11 is 4.07. The summed E-state index contributed by atoms with van der Waals surface area (Å²) in [7, 11) is 0. The Hall–Kier alpha value is -0.960. The summed E-state index contributed by atoms with van der Waals surface area (Å²) in [4.78, 5) is 10.3. The minimum atomic E-state index is -0.214. The van der Waals surface area contributed by atoms with Crippen molar-refractivity contribution in [2.24, 2.45) is 0 Å². The summed E-state index contributed by atoms with van der Waals surface area (Å²) in [5.41, 5.74) is 7.32. The quantitative estimate of drug-likeness (QED) is 0.419. The SMILES string of the molecule is Nc1ccc(CC(S)C=O)cc1. The van der Waals surface area contributed by atoms with Crippen LogP contribution in [0.3, 0.4) is 0 Å². The van der Waals surface area contributed by atoms with Gasteiger partial charge in [-0.1, -0.05) is 12.1 Å². The van der Waals surface area contributed by atoms with Crippen LogP contribution in [0.25, 0.3) is 0 Å². The Balaban J connectivity index is 2.64. The van der Waals surface area contributed by atoms with Crippen LogP contribution in [0.4, 0.5) is 5.69 Å². The fraction of sp³-hybridized carbons (Fsp3) is 0.222. The number of aldehydes is 1. The van der Waals surface area contributed by atoms with E-state index in [0.29, 0.717) is 6.42 Å². The van der Waals surface area contributed by atoms with Gasteiger partial charge in [-0.15, -0.1) is 0 Å². The fourth-order valence-electron chi connectivity index (χ4n) is 0.943. The van der Waals surface area contributed by atoms with Gasteiger partial charge in [0.1, 0.15) is 6.29 Å². The highest BCUT2D eigenvalue weighted by atomic mass is 32.1. The highest BCUT2D eigenvalue weighted by molar-refractivity contribution is 7.81. The molecule has 1 aromatic carbocycles. The fourth-order valence-corrected chi connectivity index (χ4v) is 1.15. The van der Waals surface area contributed by atoms with Gasteiger partial charge in [-0.25, -0.2) is 0 Å². The Kier molecular flexibility index (Phi) is 3.17. The molecular weight excluding hydrogens is 170 g/mol. The molecule has 2 nitrogen and oxygen atoms in total. The topological polar surface area (TPSA) is 43.1 Å². The van der Waals surface area contributed by atoms with E-state index in [1.54, 1.807) is 0 Å². The van der Waals surface area contributed by atoms with Gasteiger partial charge in [0.05, 0.1) is 5.25 Å². The first-order valence-electron chi connectivity index (χ1n) is 3.70. The van der Waals surface area contributed by atoms with E-state index in [1.165, 1.54) is 0 Å². The van der Waals surface area contributed by atoms with Crippen molar-refractivity contribution in [2.75, 3.05) is 5.73 Å². The molecule has 0 heterocycles. The molecule has 64 valence electrons. The zero-order valence-electron chi connectivity index (χ0n) is 6.60. The van der Waals surface area contributed by atoms with Crippen LogP contribution in [-0.4, -0.2) is 11.5 Å². The predicted molar refractivity (Wildman–Crippen MR) is 53.4 cm³/mol. The molecule has 0 aliphatic rings. The molecule has 3 heteroatoms. The summed E-state index contributed by atoms with van der Waals surface area (Å²) in [5.74, 6) is 0. The lowest BCUT2D eigenvalue weighted by Crippen LogP contribution is -2.04. The van der Waals surface area contributed by atoms with Gasteiger partial charge < -0.3 is 10.5 Å². The Morgan fingerprint density at radius 3 is 2.50 bits per heavy atom. The normalized spacial score (nSPS) is 12.4. The minimum absolute atomic E-state index is 0.214. The van der Waals surface area contributed by atoms with Gasteiger partial charge in [0.2, 0.25) is 0 Å². The van der Waals surface area contributed by atoms with E-state index >= 15 is 0 Å². The summed E-state index contributed by atoms with van der Waals surface area (Å²) in [5, 5.41) is -0.214. The molecule has 1 atom stereocenters. The van der Waals surface area contributed by atoms with E-state index in [1.807, 2.05) is 24.3 Å². The largest absolute Gasteiger partial charge is 0.399 e. The minimum Gasteiger partial charge on any atom is -0.399 e. The van der Waals surface area contributed by atoms with E-state index in [-0.39, 0.29) is 5.25 Å². The van der Waals surface area contributed by atoms with Gasteiger partial charge in [0.15, 0.2) is 0 Å². The van der Waals surface area contributed by atoms with Crippen molar-refractivity contribution in [2.45, 2.75) is 11.7 Å².